The largest absolute Gasteiger partial charge is 0.495 e. The molecule has 19 heavy (non-hydrogen) atoms. The molecule has 1 heterocycles. The highest BCUT2D eigenvalue weighted by atomic mass is 16.5. The lowest BCUT2D eigenvalue weighted by Crippen LogP contribution is -2.06. The zero-order valence-electron chi connectivity index (χ0n) is 11.6. The maximum Gasteiger partial charge on any atom is 0.152 e. The summed E-state index contributed by atoms with van der Waals surface area (Å²) in [6.07, 6.45) is 1.00. The molecule has 0 aliphatic rings. The number of hydrogen-bond acceptors (Lipinski definition) is 4. The number of para-hydroxylation sites is 2. The molecule has 0 spiro atoms. The molecule has 0 radical (unpaired) electrons. The van der Waals surface area contributed by atoms with Crippen molar-refractivity contribution in [2.45, 2.75) is 26.8 Å². The van der Waals surface area contributed by atoms with Gasteiger partial charge < -0.3 is 15.8 Å². The maximum absolute atomic E-state index is 6.09. The SMILES string of the molecule is CCCn1nc(C)c(N)c1Nc1ccccc1OC. The monoisotopic (exact) mass is 260 g/mol. The summed E-state index contributed by atoms with van der Waals surface area (Å²) in [6, 6.07) is 7.75. The lowest BCUT2D eigenvalue weighted by molar-refractivity contribution is 0.416. The number of aromatic nitrogens is 2. The Labute approximate surface area is 113 Å². The van der Waals surface area contributed by atoms with E-state index >= 15 is 0 Å². The molecule has 0 saturated carbocycles. The summed E-state index contributed by atoms with van der Waals surface area (Å²) in [7, 11) is 1.65. The van der Waals surface area contributed by atoms with Crippen LogP contribution in [0.15, 0.2) is 24.3 Å². The number of benzene rings is 1. The molecule has 1 aromatic carbocycles. The summed E-state index contributed by atoms with van der Waals surface area (Å²) in [5.74, 6) is 1.60. The van der Waals surface area contributed by atoms with E-state index in [1.54, 1.807) is 7.11 Å². The van der Waals surface area contributed by atoms with Crippen molar-refractivity contribution in [1.29, 1.82) is 0 Å². The average molecular weight is 260 g/mol. The number of nitrogens with zero attached hydrogens (tertiary/aromatic N) is 2. The number of hydrogen-bond donors (Lipinski definition) is 2. The standard InChI is InChI=1S/C14H20N4O/c1-4-9-18-14(13(15)10(2)17-18)16-11-7-5-6-8-12(11)19-3/h5-8,16H,4,9,15H2,1-3H3. The Morgan fingerprint density at radius 1 is 1.37 bits per heavy atom. The number of anilines is 3. The summed E-state index contributed by atoms with van der Waals surface area (Å²) in [5.41, 5.74) is 8.49. The first-order valence-corrected chi connectivity index (χ1v) is 6.40. The number of ether oxygens (including phenoxy) is 1. The molecule has 3 N–H and O–H groups in total. The normalized spacial score (nSPS) is 10.5. The van der Waals surface area contributed by atoms with Gasteiger partial charge in [-0.15, -0.1) is 0 Å². The first-order valence-electron chi connectivity index (χ1n) is 6.40. The second kappa shape index (κ2) is 5.65. The van der Waals surface area contributed by atoms with E-state index in [9.17, 15) is 0 Å². The molecular formula is C14H20N4O. The quantitative estimate of drug-likeness (QED) is 0.867. The number of nitrogens with two attached hydrogens (primary N) is 1. The van der Waals surface area contributed by atoms with Crippen LogP contribution in [0.1, 0.15) is 19.0 Å². The van der Waals surface area contributed by atoms with Gasteiger partial charge in [0.25, 0.3) is 0 Å². The van der Waals surface area contributed by atoms with E-state index in [-0.39, 0.29) is 0 Å². The number of rotatable bonds is 5. The molecule has 1 aromatic heterocycles. The molecule has 0 amide bonds. The second-order valence-electron chi connectivity index (χ2n) is 4.40. The third kappa shape index (κ3) is 2.65. The summed E-state index contributed by atoms with van der Waals surface area (Å²) in [6.45, 7) is 4.85. The molecule has 2 rings (SSSR count). The predicted molar refractivity (Wildman–Crippen MR) is 77.9 cm³/mol. The lowest BCUT2D eigenvalue weighted by atomic mass is 10.3. The number of nitrogen functional groups attached to an aromatic ring is 1. The molecular weight excluding hydrogens is 240 g/mol. The Kier molecular flexibility index (Phi) is 3.94. The van der Waals surface area contributed by atoms with Crippen LogP contribution in [0.5, 0.6) is 5.75 Å². The Balaban J connectivity index is 2.37. The van der Waals surface area contributed by atoms with Crippen LogP contribution >= 0.6 is 0 Å². The Bertz CT molecular complexity index is 563. The van der Waals surface area contributed by atoms with Crippen molar-refractivity contribution in [2.75, 3.05) is 18.2 Å². The summed E-state index contributed by atoms with van der Waals surface area (Å²) in [4.78, 5) is 0. The Morgan fingerprint density at radius 2 is 2.11 bits per heavy atom. The van der Waals surface area contributed by atoms with E-state index < -0.39 is 0 Å². The van der Waals surface area contributed by atoms with Crippen molar-refractivity contribution < 1.29 is 4.74 Å². The van der Waals surface area contributed by atoms with Crippen LogP contribution in [-0.2, 0) is 6.54 Å². The fourth-order valence-corrected chi connectivity index (χ4v) is 1.98. The molecule has 0 unspecified atom stereocenters. The highest BCUT2D eigenvalue weighted by molar-refractivity contribution is 5.74. The van der Waals surface area contributed by atoms with Gasteiger partial charge >= 0.3 is 0 Å². The first-order chi connectivity index (χ1) is 9.17. The predicted octanol–water partition coefficient (Wildman–Crippen LogP) is 2.94. The van der Waals surface area contributed by atoms with Crippen LogP contribution in [0, 0.1) is 6.92 Å². The van der Waals surface area contributed by atoms with Gasteiger partial charge in [-0.2, -0.15) is 5.10 Å². The van der Waals surface area contributed by atoms with Gasteiger partial charge in [0, 0.05) is 6.54 Å². The topological polar surface area (TPSA) is 65.1 Å². The van der Waals surface area contributed by atoms with Gasteiger partial charge in [0.05, 0.1) is 24.2 Å². The van der Waals surface area contributed by atoms with Crippen LogP contribution in [0.25, 0.3) is 0 Å². The van der Waals surface area contributed by atoms with Crippen molar-refractivity contribution in [1.82, 2.24) is 9.78 Å². The molecule has 0 aliphatic heterocycles. The van der Waals surface area contributed by atoms with E-state index in [2.05, 4.69) is 17.3 Å². The van der Waals surface area contributed by atoms with E-state index in [0.29, 0.717) is 5.69 Å². The lowest BCUT2D eigenvalue weighted by Gasteiger charge is -2.13. The van der Waals surface area contributed by atoms with Crippen LogP contribution < -0.4 is 15.8 Å². The van der Waals surface area contributed by atoms with Crippen LogP contribution in [0.2, 0.25) is 0 Å². The minimum absolute atomic E-state index is 0.680. The fraction of sp³-hybridized carbons (Fsp3) is 0.357. The van der Waals surface area contributed by atoms with Gasteiger partial charge in [-0.25, -0.2) is 4.68 Å². The van der Waals surface area contributed by atoms with Crippen molar-refractivity contribution in [3.05, 3.63) is 30.0 Å². The molecule has 5 heteroatoms. The summed E-state index contributed by atoms with van der Waals surface area (Å²) < 4.78 is 7.23. The zero-order chi connectivity index (χ0) is 13.8. The van der Waals surface area contributed by atoms with Gasteiger partial charge in [-0.1, -0.05) is 19.1 Å². The van der Waals surface area contributed by atoms with Crippen molar-refractivity contribution >= 4 is 17.2 Å². The highest BCUT2D eigenvalue weighted by Gasteiger charge is 2.13. The van der Waals surface area contributed by atoms with E-state index in [1.807, 2.05) is 35.9 Å². The van der Waals surface area contributed by atoms with E-state index in [0.717, 1.165) is 35.9 Å². The maximum atomic E-state index is 6.09. The van der Waals surface area contributed by atoms with Crippen LogP contribution in [-0.4, -0.2) is 16.9 Å². The fourth-order valence-electron chi connectivity index (χ4n) is 1.98. The van der Waals surface area contributed by atoms with Crippen molar-refractivity contribution in [3.8, 4) is 5.75 Å². The highest BCUT2D eigenvalue weighted by Crippen LogP contribution is 2.31. The number of aryl methyl sites for hydroxylation is 2. The first kappa shape index (κ1) is 13.3. The van der Waals surface area contributed by atoms with Crippen molar-refractivity contribution in [2.24, 2.45) is 0 Å². The minimum atomic E-state index is 0.680. The number of nitrogens with one attached hydrogen (secondary N) is 1. The Hall–Kier alpha value is -2.17. The third-order valence-electron chi connectivity index (χ3n) is 2.97. The van der Waals surface area contributed by atoms with Crippen molar-refractivity contribution in [3.63, 3.8) is 0 Å². The van der Waals surface area contributed by atoms with E-state index in [4.69, 9.17) is 10.5 Å². The molecule has 5 nitrogen and oxygen atoms in total. The van der Waals surface area contributed by atoms with Gasteiger partial charge in [0.15, 0.2) is 5.82 Å². The summed E-state index contributed by atoms with van der Waals surface area (Å²) in [5, 5.41) is 7.76. The zero-order valence-corrected chi connectivity index (χ0v) is 11.6. The van der Waals surface area contributed by atoms with Crippen LogP contribution in [0.4, 0.5) is 17.2 Å². The van der Waals surface area contributed by atoms with E-state index in [1.165, 1.54) is 0 Å². The molecule has 0 saturated heterocycles. The van der Waals surface area contributed by atoms with Gasteiger partial charge in [0.2, 0.25) is 0 Å². The van der Waals surface area contributed by atoms with Gasteiger partial charge in [0.1, 0.15) is 5.75 Å². The minimum Gasteiger partial charge on any atom is -0.495 e. The number of methoxy groups -OCH3 is 1. The molecule has 2 aromatic rings. The molecule has 0 bridgehead atoms. The third-order valence-corrected chi connectivity index (χ3v) is 2.97. The van der Waals surface area contributed by atoms with Gasteiger partial charge in [-0.3, -0.25) is 0 Å². The van der Waals surface area contributed by atoms with Crippen LogP contribution in [0.3, 0.4) is 0 Å². The molecule has 0 fully saturated rings. The average Bonchev–Trinajstić information content (AvgIpc) is 2.68. The molecule has 102 valence electrons. The summed E-state index contributed by atoms with van der Waals surface area (Å²) >= 11 is 0. The molecule has 0 atom stereocenters. The molecule has 0 aliphatic carbocycles. The smallest absolute Gasteiger partial charge is 0.152 e. The van der Waals surface area contributed by atoms with Gasteiger partial charge in [-0.05, 0) is 25.5 Å². The second-order valence-corrected chi connectivity index (χ2v) is 4.40. The Morgan fingerprint density at radius 3 is 2.79 bits per heavy atom.